The molecule has 0 saturated carbocycles. The van der Waals surface area contributed by atoms with Crippen LogP contribution in [0.5, 0.6) is 11.5 Å². The van der Waals surface area contributed by atoms with E-state index in [1.54, 1.807) is 24.3 Å². The highest BCUT2D eigenvalue weighted by atomic mass is 35.5. The third-order valence-electron chi connectivity index (χ3n) is 3.99. The second-order valence-corrected chi connectivity index (χ2v) is 6.69. The summed E-state index contributed by atoms with van der Waals surface area (Å²) in [4.78, 5) is 22.4. The van der Waals surface area contributed by atoms with Gasteiger partial charge in [-0.05, 0) is 0 Å². The number of aliphatic hydroxyl groups excluding tert-OH is 2. The van der Waals surface area contributed by atoms with Gasteiger partial charge in [-0.25, -0.2) is 9.59 Å². The molecule has 0 aromatic heterocycles. The lowest BCUT2D eigenvalue weighted by molar-refractivity contribution is -0.146. The van der Waals surface area contributed by atoms with E-state index in [0.717, 1.165) is 12.2 Å². The van der Waals surface area contributed by atoms with Gasteiger partial charge in [-0.15, -0.1) is 0 Å². The van der Waals surface area contributed by atoms with Crippen molar-refractivity contribution in [2.45, 2.75) is 12.2 Å². The summed E-state index contributed by atoms with van der Waals surface area (Å²) in [5, 5.41) is 20.8. The van der Waals surface area contributed by atoms with Crippen LogP contribution in [0.3, 0.4) is 0 Å². The highest BCUT2D eigenvalue weighted by Crippen LogP contribution is 2.39. The fourth-order valence-corrected chi connectivity index (χ4v) is 2.79. The van der Waals surface area contributed by atoms with Gasteiger partial charge in [0.2, 0.25) is 0 Å². The number of benzene rings is 2. The van der Waals surface area contributed by atoms with E-state index in [1.165, 1.54) is 6.07 Å². The third kappa shape index (κ3) is 6.99. The molecule has 0 spiro atoms. The van der Waals surface area contributed by atoms with Gasteiger partial charge in [0.1, 0.15) is 37.4 Å². The summed E-state index contributed by atoms with van der Waals surface area (Å²) in [7, 11) is 0. The molecule has 0 radical (unpaired) electrons. The highest BCUT2D eigenvalue weighted by molar-refractivity contribution is 6.33. The molecule has 8 nitrogen and oxygen atoms in total. The zero-order valence-corrected chi connectivity index (χ0v) is 17.4. The Kier molecular flexibility index (Phi) is 9.33. The molecule has 0 fully saturated rings. The fraction of sp³-hybridized carbons (Fsp3) is 0.273. The van der Waals surface area contributed by atoms with Gasteiger partial charge in [0, 0.05) is 29.0 Å². The summed E-state index contributed by atoms with van der Waals surface area (Å²) < 4.78 is 21.2. The first-order valence-electron chi connectivity index (χ1n) is 9.27. The predicted octanol–water partition coefficient (Wildman–Crippen LogP) is 2.43. The van der Waals surface area contributed by atoms with Crippen LogP contribution in [0.15, 0.2) is 55.6 Å². The number of rotatable bonds is 12. The maximum atomic E-state index is 11.3. The van der Waals surface area contributed by atoms with Crippen molar-refractivity contribution in [2.75, 3.05) is 26.4 Å². The Morgan fingerprint density at radius 3 is 2.35 bits per heavy atom. The Morgan fingerprint density at radius 2 is 1.71 bits per heavy atom. The number of fused-ring (bicyclic) bond motifs is 1. The number of esters is 2. The van der Waals surface area contributed by atoms with E-state index < -0.39 is 30.8 Å². The molecule has 0 bridgehead atoms. The van der Waals surface area contributed by atoms with Crippen LogP contribution in [0.4, 0.5) is 0 Å². The van der Waals surface area contributed by atoms with E-state index >= 15 is 0 Å². The molecule has 166 valence electrons. The number of aliphatic hydroxyl groups is 2. The Hall–Kier alpha value is -3.07. The van der Waals surface area contributed by atoms with Crippen LogP contribution in [-0.2, 0) is 19.1 Å². The number of ether oxygens (including phenoxy) is 4. The Bertz CT molecular complexity index is 942. The Labute approximate surface area is 184 Å². The van der Waals surface area contributed by atoms with Gasteiger partial charge in [-0.1, -0.05) is 49.0 Å². The molecule has 0 aliphatic heterocycles. The molecule has 2 atom stereocenters. The van der Waals surface area contributed by atoms with Crippen LogP contribution in [-0.4, -0.2) is 60.8 Å². The summed E-state index contributed by atoms with van der Waals surface area (Å²) in [5.41, 5.74) is 0. The zero-order valence-electron chi connectivity index (χ0n) is 16.7. The second-order valence-electron chi connectivity index (χ2n) is 6.29. The van der Waals surface area contributed by atoms with E-state index in [-0.39, 0.29) is 24.8 Å². The molecular formula is C22H23ClO8. The SMILES string of the molecule is C=CC(=O)OCC(O)COc1c(Cl)cc(OCC(CO)OC(=O)C=C)c2ccccc12. The first-order chi connectivity index (χ1) is 14.9. The molecule has 2 N–H and O–H groups in total. The first-order valence-corrected chi connectivity index (χ1v) is 9.65. The van der Waals surface area contributed by atoms with Gasteiger partial charge in [-0.3, -0.25) is 0 Å². The van der Waals surface area contributed by atoms with Gasteiger partial charge in [-0.2, -0.15) is 0 Å². The average Bonchev–Trinajstić information content (AvgIpc) is 2.79. The minimum absolute atomic E-state index is 0.107. The van der Waals surface area contributed by atoms with Crippen molar-refractivity contribution in [3.05, 3.63) is 60.7 Å². The van der Waals surface area contributed by atoms with Crippen LogP contribution >= 0.6 is 11.6 Å². The molecule has 2 rings (SSSR count). The second kappa shape index (κ2) is 11.9. The molecule has 0 aliphatic rings. The first kappa shape index (κ1) is 24.2. The maximum Gasteiger partial charge on any atom is 0.330 e. The topological polar surface area (TPSA) is 112 Å². The van der Waals surface area contributed by atoms with Gasteiger partial charge >= 0.3 is 11.9 Å². The normalized spacial score (nSPS) is 12.5. The smallest absolute Gasteiger partial charge is 0.330 e. The molecule has 0 amide bonds. The molecule has 2 unspecified atom stereocenters. The van der Waals surface area contributed by atoms with E-state index in [2.05, 4.69) is 13.2 Å². The van der Waals surface area contributed by atoms with E-state index in [0.29, 0.717) is 22.3 Å². The molecule has 31 heavy (non-hydrogen) atoms. The third-order valence-corrected chi connectivity index (χ3v) is 4.28. The number of hydrogen-bond acceptors (Lipinski definition) is 8. The van der Waals surface area contributed by atoms with E-state index in [9.17, 15) is 19.8 Å². The molecule has 0 saturated heterocycles. The quantitative estimate of drug-likeness (QED) is 0.374. The monoisotopic (exact) mass is 450 g/mol. The molecule has 2 aromatic rings. The lowest BCUT2D eigenvalue weighted by atomic mass is 10.1. The van der Waals surface area contributed by atoms with Crippen molar-refractivity contribution in [2.24, 2.45) is 0 Å². The number of carbonyl (C=O) groups is 2. The summed E-state index contributed by atoms with van der Waals surface area (Å²) in [6, 6.07) is 8.62. The molecule has 0 heterocycles. The zero-order chi connectivity index (χ0) is 22.8. The maximum absolute atomic E-state index is 11.3. The Morgan fingerprint density at radius 1 is 1.03 bits per heavy atom. The number of hydrogen-bond donors (Lipinski definition) is 2. The van der Waals surface area contributed by atoms with Crippen LogP contribution < -0.4 is 9.47 Å². The van der Waals surface area contributed by atoms with E-state index in [1.807, 2.05) is 0 Å². The summed E-state index contributed by atoms with van der Waals surface area (Å²) in [5.74, 6) is -0.618. The minimum atomic E-state index is -1.07. The number of halogens is 1. The molecule has 2 aromatic carbocycles. The molecule has 0 aliphatic carbocycles. The fourth-order valence-electron chi connectivity index (χ4n) is 2.53. The average molecular weight is 451 g/mol. The van der Waals surface area contributed by atoms with Crippen LogP contribution in [0, 0.1) is 0 Å². The highest BCUT2D eigenvalue weighted by Gasteiger charge is 2.18. The largest absolute Gasteiger partial charge is 0.489 e. The van der Waals surface area contributed by atoms with Crippen LogP contribution in [0.1, 0.15) is 0 Å². The van der Waals surface area contributed by atoms with Crippen molar-refractivity contribution < 1.29 is 38.7 Å². The minimum Gasteiger partial charge on any atom is -0.489 e. The molecule has 9 heteroatoms. The van der Waals surface area contributed by atoms with Crippen molar-refractivity contribution in [3.63, 3.8) is 0 Å². The molecular weight excluding hydrogens is 428 g/mol. The van der Waals surface area contributed by atoms with E-state index in [4.69, 9.17) is 30.5 Å². The summed E-state index contributed by atoms with van der Waals surface area (Å²) >= 11 is 6.36. The van der Waals surface area contributed by atoms with Crippen molar-refractivity contribution >= 4 is 34.3 Å². The number of carbonyl (C=O) groups excluding carboxylic acids is 2. The lowest BCUT2D eigenvalue weighted by Gasteiger charge is -2.19. The Balaban J connectivity index is 2.15. The van der Waals surface area contributed by atoms with Crippen LogP contribution in [0.25, 0.3) is 10.8 Å². The standard InChI is InChI=1S/C22H23ClO8/c1-3-20(26)29-11-14(25)12-30-22-17-8-6-5-7-16(17)19(9-18(22)23)28-13-15(10-24)31-21(27)4-2/h3-9,14-15,24-25H,1-2,10-13H2. The van der Waals surface area contributed by atoms with Gasteiger partial charge in [0.05, 0.1) is 11.6 Å². The summed E-state index contributed by atoms with van der Waals surface area (Å²) in [6.07, 6.45) is 0.0383. The lowest BCUT2D eigenvalue weighted by Crippen LogP contribution is -2.28. The van der Waals surface area contributed by atoms with Crippen molar-refractivity contribution in [1.29, 1.82) is 0 Å². The van der Waals surface area contributed by atoms with Gasteiger partial charge in [0.15, 0.2) is 6.10 Å². The van der Waals surface area contributed by atoms with Crippen molar-refractivity contribution in [3.8, 4) is 11.5 Å². The van der Waals surface area contributed by atoms with Gasteiger partial charge in [0.25, 0.3) is 0 Å². The van der Waals surface area contributed by atoms with Crippen LogP contribution in [0.2, 0.25) is 5.02 Å². The van der Waals surface area contributed by atoms with Gasteiger partial charge < -0.3 is 29.2 Å². The predicted molar refractivity (Wildman–Crippen MR) is 114 cm³/mol. The van der Waals surface area contributed by atoms with Crippen molar-refractivity contribution in [1.82, 2.24) is 0 Å². The summed E-state index contributed by atoms with van der Waals surface area (Å²) in [6.45, 7) is 5.62.